The number of hydrogen-bond donors (Lipinski definition) is 0. The van der Waals surface area contributed by atoms with Gasteiger partial charge in [0.2, 0.25) is 0 Å². The van der Waals surface area contributed by atoms with Crippen LogP contribution in [0.1, 0.15) is 10.4 Å². The Morgan fingerprint density at radius 3 is 2.29 bits per heavy atom. The summed E-state index contributed by atoms with van der Waals surface area (Å²) in [5.41, 5.74) is 1.73. The summed E-state index contributed by atoms with van der Waals surface area (Å²) < 4.78 is 8.31. The number of aryl methyl sites for hydroxylation is 2. The molecule has 0 N–H and O–H groups in total. The molecule has 0 unspecified atom stereocenters. The quantitative estimate of drug-likeness (QED) is 0.749. The number of fused-ring (bicyclic) bond motifs is 1. The molecule has 0 aliphatic rings. The van der Waals surface area contributed by atoms with E-state index in [0.717, 1.165) is 5.52 Å². The second-order valence-corrected chi connectivity index (χ2v) is 4.57. The summed E-state index contributed by atoms with van der Waals surface area (Å²) in [4.78, 5) is 23.3. The lowest BCUT2D eigenvalue weighted by molar-refractivity contribution is 0.0600. The molecule has 0 atom stereocenters. The van der Waals surface area contributed by atoms with Gasteiger partial charge in [-0.15, -0.1) is 0 Å². The van der Waals surface area contributed by atoms with Crippen molar-refractivity contribution in [3.8, 4) is 0 Å². The lowest BCUT2D eigenvalue weighted by Crippen LogP contribution is -2.19. The fraction of sp³-hybridized carbons (Fsp3) is 0.273. The van der Waals surface area contributed by atoms with E-state index in [2.05, 4.69) is 20.7 Å². The molecule has 17 heavy (non-hydrogen) atoms. The summed E-state index contributed by atoms with van der Waals surface area (Å²) in [6, 6.07) is 3.38. The molecule has 90 valence electrons. The number of esters is 1. The predicted octanol–water partition coefficient (Wildman–Crippen LogP) is 1.43. The van der Waals surface area contributed by atoms with Crippen molar-refractivity contribution in [1.29, 1.82) is 0 Å². The summed E-state index contributed by atoms with van der Waals surface area (Å²) in [6.07, 6.45) is 0. The van der Waals surface area contributed by atoms with Gasteiger partial charge in [-0.1, -0.05) is 0 Å². The van der Waals surface area contributed by atoms with E-state index in [1.807, 2.05) is 0 Å². The maximum atomic E-state index is 11.7. The van der Waals surface area contributed by atoms with Crippen LogP contribution < -0.4 is 5.69 Å². The average molecular weight is 299 g/mol. The second kappa shape index (κ2) is 4.03. The van der Waals surface area contributed by atoms with Crippen molar-refractivity contribution in [2.24, 2.45) is 14.1 Å². The smallest absolute Gasteiger partial charge is 0.339 e. The lowest BCUT2D eigenvalue weighted by atomic mass is 10.2. The molecule has 1 aromatic heterocycles. The minimum Gasteiger partial charge on any atom is -0.465 e. The average Bonchev–Trinajstić information content (AvgIpc) is 2.53. The summed E-state index contributed by atoms with van der Waals surface area (Å²) in [5.74, 6) is -0.435. The number of aromatic nitrogens is 2. The van der Waals surface area contributed by atoms with Gasteiger partial charge in [-0.05, 0) is 28.1 Å². The first-order valence-corrected chi connectivity index (χ1v) is 5.70. The van der Waals surface area contributed by atoms with Crippen LogP contribution in [0.3, 0.4) is 0 Å². The highest BCUT2D eigenvalue weighted by atomic mass is 79.9. The van der Waals surface area contributed by atoms with Gasteiger partial charge >= 0.3 is 11.7 Å². The SMILES string of the molecule is COC(=O)c1cc2c(cc1Br)n(C)c(=O)n2C. The van der Waals surface area contributed by atoms with Crippen LogP contribution in [0, 0.1) is 0 Å². The molecule has 0 aliphatic heterocycles. The third kappa shape index (κ3) is 1.68. The topological polar surface area (TPSA) is 53.2 Å². The van der Waals surface area contributed by atoms with Gasteiger partial charge in [-0.25, -0.2) is 9.59 Å². The van der Waals surface area contributed by atoms with Crippen molar-refractivity contribution in [2.45, 2.75) is 0 Å². The van der Waals surface area contributed by atoms with Gasteiger partial charge in [0.15, 0.2) is 0 Å². The monoisotopic (exact) mass is 298 g/mol. The number of hydrogen-bond acceptors (Lipinski definition) is 3. The van der Waals surface area contributed by atoms with E-state index in [4.69, 9.17) is 0 Å². The summed E-state index contributed by atoms with van der Waals surface area (Å²) in [6.45, 7) is 0. The van der Waals surface area contributed by atoms with Crippen LogP contribution in [0.4, 0.5) is 0 Å². The molecule has 0 bridgehead atoms. The van der Waals surface area contributed by atoms with Crippen molar-refractivity contribution in [3.05, 3.63) is 32.7 Å². The molecule has 0 radical (unpaired) electrons. The number of methoxy groups -OCH3 is 1. The van der Waals surface area contributed by atoms with Gasteiger partial charge in [0, 0.05) is 18.6 Å². The standard InChI is InChI=1S/C11H11BrN2O3/c1-13-8-4-6(10(15)17-3)7(12)5-9(8)14(2)11(13)16/h4-5H,1-3H3. The molecular weight excluding hydrogens is 288 g/mol. The zero-order valence-electron chi connectivity index (χ0n) is 9.65. The zero-order chi connectivity index (χ0) is 12.7. The van der Waals surface area contributed by atoms with Gasteiger partial charge in [-0.3, -0.25) is 9.13 Å². The first kappa shape index (κ1) is 11.9. The largest absolute Gasteiger partial charge is 0.465 e. The molecule has 0 fully saturated rings. The Morgan fingerprint density at radius 2 is 1.76 bits per heavy atom. The summed E-state index contributed by atoms with van der Waals surface area (Å²) >= 11 is 3.30. The highest BCUT2D eigenvalue weighted by Gasteiger charge is 2.15. The van der Waals surface area contributed by atoms with Crippen molar-refractivity contribution in [2.75, 3.05) is 7.11 Å². The van der Waals surface area contributed by atoms with E-state index < -0.39 is 5.97 Å². The summed E-state index contributed by atoms with van der Waals surface area (Å²) in [5, 5.41) is 0. The minimum absolute atomic E-state index is 0.131. The number of ether oxygens (including phenoxy) is 1. The number of nitrogens with zero attached hydrogens (tertiary/aromatic N) is 2. The number of benzene rings is 1. The van der Waals surface area contributed by atoms with E-state index in [9.17, 15) is 9.59 Å². The van der Waals surface area contributed by atoms with Crippen LogP contribution in [-0.4, -0.2) is 22.2 Å². The molecule has 5 nitrogen and oxygen atoms in total. The Kier molecular flexibility index (Phi) is 2.82. The van der Waals surface area contributed by atoms with Crippen molar-refractivity contribution < 1.29 is 9.53 Å². The highest BCUT2D eigenvalue weighted by Crippen LogP contribution is 2.24. The van der Waals surface area contributed by atoms with E-state index in [1.165, 1.54) is 16.2 Å². The van der Waals surface area contributed by atoms with E-state index in [1.54, 1.807) is 26.2 Å². The third-order valence-corrected chi connectivity index (χ3v) is 3.42. The Morgan fingerprint density at radius 1 is 1.24 bits per heavy atom. The van der Waals surface area contributed by atoms with Crippen molar-refractivity contribution in [3.63, 3.8) is 0 Å². The maximum Gasteiger partial charge on any atom is 0.339 e. The number of carbonyl (C=O) groups is 1. The third-order valence-electron chi connectivity index (χ3n) is 2.77. The second-order valence-electron chi connectivity index (χ2n) is 3.71. The maximum absolute atomic E-state index is 11.7. The van der Waals surface area contributed by atoms with Crippen LogP contribution in [0.2, 0.25) is 0 Å². The number of halogens is 1. The van der Waals surface area contributed by atoms with E-state index >= 15 is 0 Å². The fourth-order valence-electron chi connectivity index (χ4n) is 1.79. The van der Waals surface area contributed by atoms with Crippen LogP contribution in [0.15, 0.2) is 21.4 Å². The number of imidazole rings is 1. The predicted molar refractivity (Wildman–Crippen MR) is 67.2 cm³/mol. The molecule has 0 saturated carbocycles. The molecule has 6 heteroatoms. The van der Waals surface area contributed by atoms with Crippen LogP contribution >= 0.6 is 15.9 Å². The Bertz CT molecular complexity index is 669. The molecule has 0 amide bonds. The van der Waals surface area contributed by atoms with Crippen molar-refractivity contribution in [1.82, 2.24) is 9.13 Å². The van der Waals surface area contributed by atoms with Crippen LogP contribution in [0.25, 0.3) is 11.0 Å². The van der Waals surface area contributed by atoms with Crippen LogP contribution in [0.5, 0.6) is 0 Å². The minimum atomic E-state index is -0.435. The first-order valence-electron chi connectivity index (χ1n) is 4.90. The van der Waals surface area contributed by atoms with Gasteiger partial charge in [-0.2, -0.15) is 0 Å². The Labute approximate surface area is 106 Å². The molecule has 0 saturated heterocycles. The van der Waals surface area contributed by atoms with Crippen LogP contribution in [-0.2, 0) is 18.8 Å². The molecular formula is C11H11BrN2O3. The van der Waals surface area contributed by atoms with E-state index in [-0.39, 0.29) is 5.69 Å². The summed E-state index contributed by atoms with van der Waals surface area (Å²) in [7, 11) is 4.68. The lowest BCUT2D eigenvalue weighted by Gasteiger charge is -2.03. The zero-order valence-corrected chi connectivity index (χ0v) is 11.2. The molecule has 0 spiro atoms. The van der Waals surface area contributed by atoms with Crippen molar-refractivity contribution >= 4 is 32.9 Å². The van der Waals surface area contributed by atoms with Gasteiger partial charge in [0.25, 0.3) is 0 Å². The first-order chi connectivity index (χ1) is 7.97. The number of rotatable bonds is 1. The Balaban J connectivity index is 2.86. The molecule has 2 aromatic rings. The normalized spacial score (nSPS) is 10.8. The molecule has 2 rings (SSSR count). The van der Waals surface area contributed by atoms with Gasteiger partial charge in [0.1, 0.15) is 0 Å². The molecule has 1 heterocycles. The fourth-order valence-corrected chi connectivity index (χ4v) is 2.28. The molecule has 1 aromatic carbocycles. The Hall–Kier alpha value is -1.56. The molecule has 0 aliphatic carbocycles. The van der Waals surface area contributed by atoms with Gasteiger partial charge in [0.05, 0.1) is 23.7 Å². The van der Waals surface area contributed by atoms with E-state index in [0.29, 0.717) is 15.6 Å². The number of carbonyl (C=O) groups excluding carboxylic acids is 1. The highest BCUT2D eigenvalue weighted by molar-refractivity contribution is 9.10. The van der Waals surface area contributed by atoms with Gasteiger partial charge < -0.3 is 4.74 Å².